The number of nitrogens with zero attached hydrogens (tertiary/aromatic N) is 3. The summed E-state index contributed by atoms with van der Waals surface area (Å²) in [6.45, 7) is 18.7. The van der Waals surface area contributed by atoms with Gasteiger partial charge in [0.05, 0.1) is 7.11 Å². The van der Waals surface area contributed by atoms with Gasteiger partial charge in [0.1, 0.15) is 23.9 Å². The molecule has 2 aromatic heterocycles. The van der Waals surface area contributed by atoms with Crippen LogP contribution >= 0.6 is 0 Å². The Morgan fingerprint density at radius 1 is 1.10 bits per heavy atom. The van der Waals surface area contributed by atoms with Crippen molar-refractivity contribution in [3.8, 4) is 11.6 Å². The first-order valence-corrected chi connectivity index (χ1v) is 12.4. The molecule has 2 rings (SSSR count). The van der Waals surface area contributed by atoms with Gasteiger partial charge in [-0.05, 0) is 32.6 Å². The molecule has 12 heteroatoms. The van der Waals surface area contributed by atoms with E-state index in [2.05, 4.69) is 33.8 Å². The lowest BCUT2D eigenvalue weighted by atomic mass is 9.86. The Hall–Kier alpha value is -4.09. The summed E-state index contributed by atoms with van der Waals surface area (Å²) >= 11 is 0. The summed E-state index contributed by atoms with van der Waals surface area (Å²) in [7, 11) is 3.00. The lowest BCUT2D eigenvalue weighted by molar-refractivity contribution is -0.125. The van der Waals surface area contributed by atoms with Gasteiger partial charge < -0.3 is 33.8 Å². The smallest absolute Gasteiger partial charge is 0.408 e. The third kappa shape index (κ3) is 8.45. The monoisotopic (exact) mass is 545 g/mol. The minimum atomic E-state index is -0.950. The van der Waals surface area contributed by atoms with Crippen molar-refractivity contribution in [2.24, 2.45) is 5.41 Å². The van der Waals surface area contributed by atoms with Crippen LogP contribution in [-0.2, 0) is 14.3 Å². The van der Waals surface area contributed by atoms with Crippen molar-refractivity contribution in [2.75, 3.05) is 25.6 Å². The third-order valence-corrected chi connectivity index (χ3v) is 5.29. The number of hydrogen-bond acceptors (Lipinski definition) is 10. The van der Waals surface area contributed by atoms with Gasteiger partial charge in [0.15, 0.2) is 11.4 Å². The Balaban J connectivity index is 2.47. The zero-order valence-corrected chi connectivity index (χ0v) is 23.9. The van der Waals surface area contributed by atoms with E-state index in [9.17, 15) is 14.4 Å². The summed E-state index contributed by atoms with van der Waals surface area (Å²) < 4.78 is 21.7. The number of oxazole rings is 2. The van der Waals surface area contributed by atoms with Crippen LogP contribution in [0.5, 0.6) is 0 Å². The average molecular weight is 546 g/mol. The van der Waals surface area contributed by atoms with Gasteiger partial charge in [-0.3, -0.25) is 4.79 Å². The van der Waals surface area contributed by atoms with Crippen molar-refractivity contribution in [3.05, 3.63) is 43.2 Å². The van der Waals surface area contributed by atoms with Gasteiger partial charge in [-0.2, -0.15) is 0 Å². The van der Waals surface area contributed by atoms with Crippen LogP contribution in [0.25, 0.3) is 11.6 Å². The van der Waals surface area contributed by atoms with Gasteiger partial charge in [-0.25, -0.2) is 19.6 Å². The summed E-state index contributed by atoms with van der Waals surface area (Å²) in [6, 6.07) is -1.69. The van der Waals surface area contributed by atoms with Crippen LogP contribution < -0.4 is 15.5 Å². The minimum Gasteiger partial charge on any atom is -0.464 e. The van der Waals surface area contributed by atoms with Crippen LogP contribution in [0.4, 0.5) is 10.7 Å². The maximum atomic E-state index is 13.4. The van der Waals surface area contributed by atoms with Gasteiger partial charge in [0.25, 0.3) is 5.89 Å². The van der Waals surface area contributed by atoms with Gasteiger partial charge >= 0.3 is 12.1 Å². The van der Waals surface area contributed by atoms with E-state index in [-0.39, 0.29) is 29.6 Å². The number of methoxy groups -OCH3 is 1. The van der Waals surface area contributed by atoms with Crippen molar-refractivity contribution in [2.45, 2.75) is 65.6 Å². The molecule has 2 amide bonds. The average Bonchev–Trinajstić information content (AvgIpc) is 3.47. The van der Waals surface area contributed by atoms with Crippen molar-refractivity contribution in [1.82, 2.24) is 20.6 Å². The SMILES string of the molecule is C=CC[C@H](NC(=O)OC(C)(C)C)C(=O)N[C@H](c1nc(-c2nc(C(=O)OC)co2)c(N(C)CC=C)o1)C(C)(C)C. The van der Waals surface area contributed by atoms with Crippen molar-refractivity contribution < 1.29 is 32.7 Å². The number of rotatable bonds is 11. The third-order valence-electron chi connectivity index (χ3n) is 5.29. The standard InChI is InChI=1S/C27H39N5O7/c1-11-13-16(29-25(35)39-27(6,7)8)20(33)31-19(26(3,4)5)22-30-18(23(38-22)32(9)14-12-2)21-28-17(15-37-21)24(34)36-10/h11-12,15-16,19H,1-2,13-14H2,3-10H3,(H,29,35)(H,31,33)/t16-,19+/m0/s1. The fourth-order valence-electron chi connectivity index (χ4n) is 3.45. The molecule has 39 heavy (non-hydrogen) atoms. The summed E-state index contributed by atoms with van der Waals surface area (Å²) in [6.07, 6.45) is 3.80. The first-order chi connectivity index (χ1) is 18.1. The maximum Gasteiger partial charge on any atom is 0.408 e. The molecule has 0 aliphatic carbocycles. The van der Waals surface area contributed by atoms with Crippen molar-refractivity contribution in [3.63, 3.8) is 0 Å². The highest BCUT2D eigenvalue weighted by Crippen LogP contribution is 2.38. The van der Waals surface area contributed by atoms with E-state index < -0.39 is 41.1 Å². The van der Waals surface area contributed by atoms with E-state index in [1.54, 1.807) is 38.8 Å². The first-order valence-electron chi connectivity index (χ1n) is 12.4. The van der Waals surface area contributed by atoms with Crippen LogP contribution in [0, 0.1) is 5.41 Å². The van der Waals surface area contributed by atoms with Crippen LogP contribution in [0.15, 0.2) is 40.4 Å². The highest BCUT2D eigenvalue weighted by Gasteiger charge is 2.36. The molecule has 0 aliphatic rings. The molecule has 0 spiro atoms. The second-order valence-electron chi connectivity index (χ2n) is 10.9. The van der Waals surface area contributed by atoms with E-state index in [4.69, 9.17) is 18.3 Å². The molecular formula is C27H39N5O7. The molecule has 2 atom stereocenters. The van der Waals surface area contributed by atoms with Crippen LogP contribution in [0.1, 0.15) is 70.4 Å². The fraction of sp³-hybridized carbons (Fsp3) is 0.519. The quantitative estimate of drug-likeness (QED) is 0.307. The zero-order chi connectivity index (χ0) is 29.5. The number of likely N-dealkylation sites (N-methyl/N-ethyl adjacent to an activating group) is 1. The van der Waals surface area contributed by atoms with Gasteiger partial charge in [0, 0.05) is 13.6 Å². The van der Waals surface area contributed by atoms with Crippen molar-refractivity contribution >= 4 is 23.9 Å². The van der Waals surface area contributed by atoms with E-state index in [0.717, 1.165) is 6.26 Å². The highest BCUT2D eigenvalue weighted by atomic mass is 16.6. The minimum absolute atomic E-state index is 0.0319. The Morgan fingerprint density at radius 2 is 1.77 bits per heavy atom. The molecule has 0 saturated carbocycles. The number of carbonyl (C=O) groups is 3. The molecule has 2 aromatic rings. The number of carbonyl (C=O) groups excluding carboxylic acids is 3. The number of aromatic nitrogens is 2. The van der Waals surface area contributed by atoms with E-state index in [1.165, 1.54) is 13.2 Å². The highest BCUT2D eigenvalue weighted by molar-refractivity contribution is 5.87. The fourth-order valence-corrected chi connectivity index (χ4v) is 3.45. The number of ether oxygens (including phenoxy) is 2. The van der Waals surface area contributed by atoms with Crippen molar-refractivity contribution in [1.29, 1.82) is 0 Å². The van der Waals surface area contributed by atoms with E-state index in [0.29, 0.717) is 12.4 Å². The van der Waals surface area contributed by atoms with Crippen LogP contribution in [-0.4, -0.2) is 60.3 Å². The van der Waals surface area contributed by atoms with Gasteiger partial charge in [0.2, 0.25) is 17.7 Å². The molecule has 2 heterocycles. The number of anilines is 1. The molecule has 0 unspecified atom stereocenters. The molecule has 0 aliphatic heterocycles. The Bertz CT molecular complexity index is 1190. The normalized spacial score (nSPS) is 13.1. The number of alkyl carbamates (subject to hydrolysis) is 1. The lowest BCUT2D eigenvalue weighted by Gasteiger charge is -2.30. The Kier molecular flexibility index (Phi) is 10.1. The molecule has 0 radical (unpaired) electrons. The molecule has 12 nitrogen and oxygen atoms in total. The second-order valence-corrected chi connectivity index (χ2v) is 10.9. The lowest BCUT2D eigenvalue weighted by Crippen LogP contribution is -2.50. The summed E-state index contributed by atoms with van der Waals surface area (Å²) in [4.78, 5) is 48.2. The number of hydrogen-bond donors (Lipinski definition) is 2. The Labute approximate surface area is 228 Å². The number of nitrogens with one attached hydrogen (secondary N) is 2. The summed E-state index contributed by atoms with van der Waals surface area (Å²) in [5.74, 6) is -0.650. The predicted molar refractivity (Wildman–Crippen MR) is 145 cm³/mol. The first kappa shape index (κ1) is 31.1. The predicted octanol–water partition coefficient (Wildman–Crippen LogP) is 4.41. The largest absolute Gasteiger partial charge is 0.464 e. The Morgan fingerprint density at radius 3 is 2.31 bits per heavy atom. The van der Waals surface area contributed by atoms with Crippen LogP contribution in [0.3, 0.4) is 0 Å². The van der Waals surface area contributed by atoms with Crippen LogP contribution in [0.2, 0.25) is 0 Å². The topological polar surface area (TPSA) is 149 Å². The van der Waals surface area contributed by atoms with Gasteiger partial charge in [-0.1, -0.05) is 32.9 Å². The second kappa shape index (κ2) is 12.6. The molecule has 0 saturated heterocycles. The molecule has 214 valence electrons. The maximum absolute atomic E-state index is 13.4. The molecular weight excluding hydrogens is 506 g/mol. The summed E-state index contributed by atoms with van der Waals surface area (Å²) in [5.41, 5.74) is -1.12. The van der Waals surface area contributed by atoms with E-state index >= 15 is 0 Å². The molecule has 2 N–H and O–H groups in total. The number of esters is 1. The number of amides is 2. The zero-order valence-electron chi connectivity index (χ0n) is 23.9. The van der Waals surface area contributed by atoms with E-state index in [1.807, 2.05) is 20.8 Å². The molecule has 0 bridgehead atoms. The summed E-state index contributed by atoms with van der Waals surface area (Å²) in [5, 5.41) is 5.54. The molecule has 0 fully saturated rings. The molecule has 0 aromatic carbocycles. The van der Waals surface area contributed by atoms with Gasteiger partial charge in [-0.15, -0.1) is 13.2 Å².